The zero-order valence-electron chi connectivity index (χ0n) is 23.9. The molecule has 0 heterocycles. The van der Waals surface area contributed by atoms with Gasteiger partial charge in [-0.1, -0.05) is 93.2 Å². The standard InChI is InChI=1S/C35H33BrN2O3/c1-5-6-7-8-17-40-34(39)25-12-10-14-28(20-25)41-33-30(35(2,3)4)16-15-24-18-26(21-37)29(22-38)31(32(24)33)23-11-9-13-27(36)19-23/h9-16,18-20H,5-8,17H2,1-4H3. The zero-order valence-corrected chi connectivity index (χ0v) is 25.5. The Morgan fingerprint density at radius 2 is 1.71 bits per heavy atom. The van der Waals surface area contributed by atoms with Crippen molar-refractivity contribution in [1.82, 2.24) is 0 Å². The molecule has 0 bridgehead atoms. The second-order valence-electron chi connectivity index (χ2n) is 11.0. The van der Waals surface area contributed by atoms with Crippen LogP contribution in [0, 0.1) is 22.7 Å². The third-order valence-corrected chi connectivity index (χ3v) is 7.43. The summed E-state index contributed by atoms with van der Waals surface area (Å²) in [4.78, 5) is 12.8. The molecule has 0 aliphatic rings. The average Bonchev–Trinajstić information content (AvgIpc) is 2.95. The lowest BCUT2D eigenvalue weighted by atomic mass is 9.82. The highest BCUT2D eigenvalue weighted by molar-refractivity contribution is 9.10. The van der Waals surface area contributed by atoms with Crippen molar-refractivity contribution in [3.8, 4) is 34.8 Å². The largest absolute Gasteiger partial charge is 0.462 e. The van der Waals surface area contributed by atoms with Crippen molar-refractivity contribution in [3.05, 3.63) is 93.5 Å². The fraction of sp³-hybridized carbons (Fsp3) is 0.286. The van der Waals surface area contributed by atoms with Crippen LogP contribution in [0.5, 0.6) is 11.5 Å². The maximum absolute atomic E-state index is 12.8. The number of carbonyl (C=O) groups excluding carboxylic acids is 1. The topological polar surface area (TPSA) is 83.1 Å². The Hall–Kier alpha value is -4.13. The highest BCUT2D eigenvalue weighted by Crippen LogP contribution is 2.46. The average molecular weight is 610 g/mol. The number of hydrogen-bond donors (Lipinski definition) is 0. The van der Waals surface area contributed by atoms with Crippen LogP contribution < -0.4 is 4.74 Å². The smallest absolute Gasteiger partial charge is 0.338 e. The predicted octanol–water partition coefficient (Wildman–Crippen LogP) is 9.84. The lowest BCUT2D eigenvalue weighted by Gasteiger charge is -2.26. The number of benzene rings is 4. The first-order chi connectivity index (χ1) is 19.7. The number of unbranched alkanes of at least 4 members (excludes halogenated alkanes) is 3. The Bertz CT molecular complexity index is 1670. The first-order valence-electron chi connectivity index (χ1n) is 13.8. The van der Waals surface area contributed by atoms with E-state index < -0.39 is 0 Å². The van der Waals surface area contributed by atoms with E-state index in [2.05, 4.69) is 55.8 Å². The van der Waals surface area contributed by atoms with Crippen LogP contribution in [0.2, 0.25) is 0 Å². The molecule has 0 amide bonds. The van der Waals surface area contributed by atoms with Gasteiger partial charge in [-0.05, 0) is 59.2 Å². The van der Waals surface area contributed by atoms with Gasteiger partial charge in [0.2, 0.25) is 0 Å². The van der Waals surface area contributed by atoms with E-state index in [-0.39, 0.29) is 16.9 Å². The number of halogens is 1. The van der Waals surface area contributed by atoms with Gasteiger partial charge in [-0.25, -0.2) is 4.79 Å². The maximum Gasteiger partial charge on any atom is 0.338 e. The molecule has 0 aromatic heterocycles. The number of fused-ring (bicyclic) bond motifs is 1. The monoisotopic (exact) mass is 608 g/mol. The van der Waals surface area contributed by atoms with E-state index in [0.717, 1.165) is 52.1 Å². The van der Waals surface area contributed by atoms with Gasteiger partial charge in [-0.15, -0.1) is 0 Å². The second-order valence-corrected chi connectivity index (χ2v) is 11.9. The van der Waals surface area contributed by atoms with Crippen molar-refractivity contribution in [1.29, 1.82) is 10.5 Å². The highest BCUT2D eigenvalue weighted by Gasteiger charge is 2.26. The number of carbonyl (C=O) groups is 1. The first-order valence-corrected chi connectivity index (χ1v) is 14.6. The number of nitrogens with zero attached hydrogens (tertiary/aromatic N) is 2. The summed E-state index contributed by atoms with van der Waals surface area (Å²) >= 11 is 3.55. The molecular weight excluding hydrogens is 576 g/mol. The van der Waals surface area contributed by atoms with Crippen molar-refractivity contribution in [2.24, 2.45) is 0 Å². The number of hydrogen-bond acceptors (Lipinski definition) is 5. The molecular formula is C35H33BrN2O3. The fourth-order valence-electron chi connectivity index (χ4n) is 4.88. The van der Waals surface area contributed by atoms with Crippen LogP contribution in [-0.4, -0.2) is 12.6 Å². The van der Waals surface area contributed by atoms with Crippen LogP contribution in [0.3, 0.4) is 0 Å². The van der Waals surface area contributed by atoms with Crippen LogP contribution in [0.25, 0.3) is 21.9 Å². The SMILES string of the molecule is CCCCCCOC(=O)c1cccc(Oc2c(C(C)(C)C)ccc3cc(C#N)c(C#N)c(-c4cccc(Br)c4)c23)c1. The van der Waals surface area contributed by atoms with Crippen molar-refractivity contribution in [2.75, 3.05) is 6.61 Å². The fourth-order valence-corrected chi connectivity index (χ4v) is 5.28. The van der Waals surface area contributed by atoms with Crippen molar-refractivity contribution in [2.45, 2.75) is 58.8 Å². The third kappa shape index (κ3) is 6.79. The lowest BCUT2D eigenvalue weighted by molar-refractivity contribution is 0.0497. The molecule has 0 atom stereocenters. The van der Waals surface area contributed by atoms with Gasteiger partial charge in [-0.3, -0.25) is 0 Å². The van der Waals surface area contributed by atoms with E-state index >= 15 is 0 Å². The van der Waals surface area contributed by atoms with Gasteiger partial charge in [0.1, 0.15) is 23.6 Å². The maximum atomic E-state index is 12.8. The van der Waals surface area contributed by atoms with Crippen LogP contribution in [-0.2, 0) is 10.2 Å². The molecule has 4 aromatic rings. The number of nitriles is 2. The van der Waals surface area contributed by atoms with Crippen molar-refractivity contribution < 1.29 is 14.3 Å². The van der Waals surface area contributed by atoms with E-state index in [1.165, 1.54) is 0 Å². The summed E-state index contributed by atoms with van der Waals surface area (Å²) in [5.74, 6) is 0.670. The minimum absolute atomic E-state index is 0.286. The van der Waals surface area contributed by atoms with Crippen LogP contribution in [0.1, 0.15) is 80.4 Å². The van der Waals surface area contributed by atoms with E-state index in [4.69, 9.17) is 9.47 Å². The summed E-state index contributed by atoms with van der Waals surface area (Å²) in [6, 6.07) is 24.8. The quantitative estimate of drug-likeness (QED) is 0.139. The Kier molecular flexibility index (Phi) is 9.48. The summed E-state index contributed by atoms with van der Waals surface area (Å²) in [6.07, 6.45) is 4.11. The van der Waals surface area contributed by atoms with Gasteiger partial charge >= 0.3 is 5.97 Å². The number of esters is 1. The number of ether oxygens (including phenoxy) is 2. The van der Waals surface area contributed by atoms with Crippen LogP contribution in [0.4, 0.5) is 0 Å². The molecule has 0 saturated carbocycles. The molecule has 4 rings (SSSR count). The van der Waals surface area contributed by atoms with Gasteiger partial charge in [-0.2, -0.15) is 10.5 Å². The minimum atomic E-state index is -0.388. The molecule has 0 spiro atoms. The molecule has 4 aromatic carbocycles. The lowest BCUT2D eigenvalue weighted by Crippen LogP contribution is -2.13. The van der Waals surface area contributed by atoms with Gasteiger partial charge < -0.3 is 9.47 Å². The van der Waals surface area contributed by atoms with Gasteiger partial charge in [0.05, 0.1) is 23.3 Å². The van der Waals surface area contributed by atoms with Gasteiger partial charge in [0.15, 0.2) is 0 Å². The molecule has 208 valence electrons. The van der Waals surface area contributed by atoms with Gasteiger partial charge in [0, 0.05) is 21.0 Å². The molecule has 0 radical (unpaired) electrons. The second kappa shape index (κ2) is 13.0. The molecule has 0 unspecified atom stereocenters. The summed E-state index contributed by atoms with van der Waals surface area (Å²) < 4.78 is 13.0. The summed E-state index contributed by atoms with van der Waals surface area (Å²) in [5, 5.41) is 21.7. The Balaban J connectivity index is 1.89. The summed E-state index contributed by atoms with van der Waals surface area (Å²) in [5.41, 5.74) is 3.03. The molecule has 6 heteroatoms. The van der Waals surface area contributed by atoms with E-state index in [9.17, 15) is 15.3 Å². The first kappa shape index (κ1) is 29.8. The molecule has 0 aliphatic carbocycles. The third-order valence-electron chi connectivity index (χ3n) is 6.93. The predicted molar refractivity (Wildman–Crippen MR) is 166 cm³/mol. The summed E-state index contributed by atoms with van der Waals surface area (Å²) in [6.45, 7) is 8.82. The van der Waals surface area contributed by atoms with Gasteiger partial charge in [0.25, 0.3) is 0 Å². The molecule has 0 aliphatic heterocycles. The molecule has 0 saturated heterocycles. The van der Waals surface area contributed by atoms with E-state index in [0.29, 0.717) is 34.8 Å². The highest BCUT2D eigenvalue weighted by atomic mass is 79.9. The van der Waals surface area contributed by atoms with E-state index in [1.807, 2.05) is 36.4 Å². The van der Waals surface area contributed by atoms with Crippen LogP contribution >= 0.6 is 15.9 Å². The molecule has 0 N–H and O–H groups in total. The minimum Gasteiger partial charge on any atom is -0.462 e. The molecule has 0 fully saturated rings. The van der Waals surface area contributed by atoms with Crippen molar-refractivity contribution in [3.63, 3.8) is 0 Å². The molecule has 41 heavy (non-hydrogen) atoms. The summed E-state index contributed by atoms with van der Waals surface area (Å²) in [7, 11) is 0. The molecule has 5 nitrogen and oxygen atoms in total. The Labute approximate surface area is 250 Å². The van der Waals surface area contributed by atoms with E-state index in [1.54, 1.807) is 30.3 Å². The zero-order chi connectivity index (χ0) is 29.6. The number of rotatable bonds is 9. The Morgan fingerprint density at radius 3 is 2.39 bits per heavy atom. The Morgan fingerprint density at radius 1 is 0.927 bits per heavy atom. The van der Waals surface area contributed by atoms with Crippen LogP contribution in [0.15, 0.2) is 71.2 Å². The van der Waals surface area contributed by atoms with Crippen molar-refractivity contribution >= 4 is 32.7 Å². The normalized spacial score (nSPS) is 11.1.